The summed E-state index contributed by atoms with van der Waals surface area (Å²) >= 11 is 1.40. The second-order valence-electron chi connectivity index (χ2n) is 5.78. The average molecular weight is 318 g/mol. The van der Waals surface area contributed by atoms with Gasteiger partial charge in [-0.3, -0.25) is 10.1 Å². The van der Waals surface area contributed by atoms with Crippen molar-refractivity contribution < 1.29 is 14.3 Å². The van der Waals surface area contributed by atoms with Crippen LogP contribution in [0.15, 0.2) is 30.5 Å². The number of ether oxygens (including phenoxy) is 1. The zero-order chi connectivity index (χ0) is 16.2. The SMILES string of the molecule is CC(C)(C)OC(=O)Nc1cnc(Cc2ccc(C=O)cc2)s1. The van der Waals surface area contributed by atoms with E-state index in [1.54, 1.807) is 18.3 Å². The maximum Gasteiger partial charge on any atom is 0.412 e. The number of carbonyl (C=O) groups is 2. The van der Waals surface area contributed by atoms with Gasteiger partial charge in [0.1, 0.15) is 16.9 Å². The van der Waals surface area contributed by atoms with Crippen LogP contribution < -0.4 is 5.32 Å². The molecule has 0 aliphatic carbocycles. The lowest BCUT2D eigenvalue weighted by atomic mass is 10.1. The fourth-order valence-electron chi connectivity index (χ4n) is 1.74. The summed E-state index contributed by atoms with van der Waals surface area (Å²) in [4.78, 5) is 26.6. The monoisotopic (exact) mass is 318 g/mol. The Morgan fingerprint density at radius 2 is 2.00 bits per heavy atom. The number of hydrogen-bond donors (Lipinski definition) is 1. The van der Waals surface area contributed by atoms with E-state index in [4.69, 9.17) is 4.74 Å². The van der Waals surface area contributed by atoms with Crippen molar-refractivity contribution in [1.29, 1.82) is 0 Å². The number of carbonyl (C=O) groups excluding carboxylic acids is 2. The van der Waals surface area contributed by atoms with Crippen LogP contribution in [0.3, 0.4) is 0 Å². The number of nitrogens with zero attached hydrogens (tertiary/aromatic N) is 1. The molecular formula is C16H18N2O3S. The number of anilines is 1. The fourth-order valence-corrected chi connectivity index (χ4v) is 2.58. The first-order chi connectivity index (χ1) is 10.4. The van der Waals surface area contributed by atoms with Crippen LogP contribution in [-0.4, -0.2) is 23.0 Å². The predicted molar refractivity (Wildman–Crippen MR) is 86.6 cm³/mol. The Balaban J connectivity index is 1.96. The van der Waals surface area contributed by atoms with Crippen LogP contribution in [0.5, 0.6) is 0 Å². The third-order valence-corrected chi connectivity index (χ3v) is 3.56. The molecule has 0 unspecified atom stereocenters. The normalized spacial score (nSPS) is 11.0. The molecule has 0 bridgehead atoms. The molecule has 0 spiro atoms. The largest absolute Gasteiger partial charge is 0.444 e. The first-order valence-electron chi connectivity index (χ1n) is 6.84. The van der Waals surface area contributed by atoms with Gasteiger partial charge >= 0.3 is 6.09 Å². The highest BCUT2D eigenvalue weighted by atomic mass is 32.1. The van der Waals surface area contributed by atoms with Crippen LogP contribution in [0.25, 0.3) is 0 Å². The minimum atomic E-state index is -0.530. The molecule has 0 saturated carbocycles. The molecule has 5 nitrogen and oxygen atoms in total. The summed E-state index contributed by atoms with van der Waals surface area (Å²) in [5.74, 6) is 0. The minimum absolute atomic E-state index is 0.488. The molecule has 0 aliphatic heterocycles. The number of hydrogen-bond acceptors (Lipinski definition) is 5. The number of benzene rings is 1. The van der Waals surface area contributed by atoms with Crippen molar-refractivity contribution in [2.45, 2.75) is 32.8 Å². The summed E-state index contributed by atoms with van der Waals surface area (Å²) in [5.41, 5.74) is 1.18. The Bertz CT molecular complexity index is 657. The Kier molecular flexibility index (Phi) is 4.92. The lowest BCUT2D eigenvalue weighted by Gasteiger charge is -2.19. The quantitative estimate of drug-likeness (QED) is 0.868. The average Bonchev–Trinajstić information content (AvgIpc) is 2.84. The molecule has 6 heteroatoms. The molecule has 1 amide bonds. The topological polar surface area (TPSA) is 68.3 Å². The van der Waals surface area contributed by atoms with E-state index in [-0.39, 0.29) is 0 Å². The van der Waals surface area contributed by atoms with Gasteiger partial charge in [-0.25, -0.2) is 9.78 Å². The van der Waals surface area contributed by atoms with Crippen molar-refractivity contribution in [1.82, 2.24) is 4.98 Å². The lowest BCUT2D eigenvalue weighted by molar-refractivity contribution is 0.0636. The molecule has 1 aromatic heterocycles. The van der Waals surface area contributed by atoms with Crippen molar-refractivity contribution >= 4 is 28.7 Å². The zero-order valence-corrected chi connectivity index (χ0v) is 13.6. The van der Waals surface area contributed by atoms with Crippen LogP contribution in [0.1, 0.15) is 41.7 Å². The van der Waals surface area contributed by atoms with E-state index in [0.29, 0.717) is 17.0 Å². The van der Waals surface area contributed by atoms with Crippen molar-refractivity contribution in [2.24, 2.45) is 0 Å². The molecule has 1 heterocycles. The van der Waals surface area contributed by atoms with Gasteiger partial charge in [0.05, 0.1) is 11.2 Å². The van der Waals surface area contributed by atoms with Crippen LogP contribution in [0, 0.1) is 0 Å². The number of aldehydes is 1. The molecule has 2 rings (SSSR count). The van der Waals surface area contributed by atoms with Crippen LogP contribution in [0.2, 0.25) is 0 Å². The summed E-state index contributed by atoms with van der Waals surface area (Å²) in [6.45, 7) is 5.44. The lowest BCUT2D eigenvalue weighted by Crippen LogP contribution is -2.26. The number of aromatic nitrogens is 1. The van der Waals surface area contributed by atoms with E-state index in [1.807, 2.05) is 32.9 Å². The first kappa shape index (κ1) is 16.2. The Labute approximate surface area is 133 Å². The predicted octanol–water partition coefficient (Wildman–Crippen LogP) is 3.89. The third-order valence-electron chi connectivity index (χ3n) is 2.65. The molecule has 0 saturated heterocycles. The van der Waals surface area contributed by atoms with Gasteiger partial charge in [-0.05, 0) is 26.3 Å². The van der Waals surface area contributed by atoms with E-state index < -0.39 is 11.7 Å². The molecular weight excluding hydrogens is 300 g/mol. The molecule has 1 aromatic carbocycles. The van der Waals surface area contributed by atoms with Gasteiger partial charge in [0.25, 0.3) is 0 Å². The standard InChI is InChI=1S/C16H18N2O3S/c1-16(2,3)21-15(20)18-14-9-17-13(22-14)8-11-4-6-12(10-19)7-5-11/h4-7,9-10H,8H2,1-3H3,(H,18,20). The molecule has 0 aliphatic rings. The smallest absolute Gasteiger partial charge is 0.412 e. The highest BCUT2D eigenvalue weighted by Gasteiger charge is 2.17. The van der Waals surface area contributed by atoms with Crippen molar-refractivity contribution in [3.05, 3.63) is 46.6 Å². The maximum atomic E-state index is 11.7. The van der Waals surface area contributed by atoms with E-state index in [1.165, 1.54) is 11.3 Å². The second kappa shape index (κ2) is 6.70. The van der Waals surface area contributed by atoms with Crippen LogP contribution in [0.4, 0.5) is 9.80 Å². The second-order valence-corrected chi connectivity index (χ2v) is 6.90. The van der Waals surface area contributed by atoms with Crippen molar-refractivity contribution in [3.63, 3.8) is 0 Å². The van der Waals surface area contributed by atoms with Crippen molar-refractivity contribution in [3.8, 4) is 0 Å². The molecule has 0 radical (unpaired) electrons. The van der Waals surface area contributed by atoms with Gasteiger partial charge in [0.2, 0.25) is 0 Å². The minimum Gasteiger partial charge on any atom is -0.444 e. The number of thiazole rings is 1. The van der Waals surface area contributed by atoms with Crippen LogP contribution in [-0.2, 0) is 11.2 Å². The Morgan fingerprint density at radius 3 is 2.59 bits per heavy atom. The van der Waals surface area contributed by atoms with E-state index in [2.05, 4.69) is 10.3 Å². The fraction of sp³-hybridized carbons (Fsp3) is 0.312. The number of rotatable bonds is 4. The highest BCUT2D eigenvalue weighted by Crippen LogP contribution is 2.22. The molecule has 2 aromatic rings. The highest BCUT2D eigenvalue weighted by molar-refractivity contribution is 7.15. The van der Waals surface area contributed by atoms with E-state index >= 15 is 0 Å². The van der Waals surface area contributed by atoms with Gasteiger partial charge in [0.15, 0.2) is 0 Å². The summed E-state index contributed by atoms with van der Waals surface area (Å²) in [6, 6.07) is 7.34. The molecule has 0 fully saturated rings. The van der Waals surface area contributed by atoms with Gasteiger partial charge < -0.3 is 4.74 Å². The van der Waals surface area contributed by atoms with E-state index in [0.717, 1.165) is 16.9 Å². The van der Waals surface area contributed by atoms with Gasteiger partial charge in [-0.15, -0.1) is 11.3 Å². The van der Waals surface area contributed by atoms with Gasteiger partial charge in [-0.2, -0.15) is 0 Å². The summed E-state index contributed by atoms with van der Waals surface area (Å²) in [6.07, 6.45) is 2.59. The summed E-state index contributed by atoms with van der Waals surface area (Å²) < 4.78 is 5.19. The first-order valence-corrected chi connectivity index (χ1v) is 7.66. The zero-order valence-electron chi connectivity index (χ0n) is 12.8. The van der Waals surface area contributed by atoms with E-state index in [9.17, 15) is 9.59 Å². The van der Waals surface area contributed by atoms with Crippen molar-refractivity contribution in [2.75, 3.05) is 5.32 Å². The molecule has 116 valence electrons. The Hall–Kier alpha value is -2.21. The van der Waals surface area contributed by atoms with Gasteiger partial charge in [0, 0.05) is 12.0 Å². The summed E-state index contributed by atoms with van der Waals surface area (Å²) in [7, 11) is 0. The van der Waals surface area contributed by atoms with Gasteiger partial charge in [-0.1, -0.05) is 24.3 Å². The Morgan fingerprint density at radius 1 is 1.32 bits per heavy atom. The summed E-state index contributed by atoms with van der Waals surface area (Å²) in [5, 5.41) is 4.20. The number of nitrogens with one attached hydrogen (secondary N) is 1. The maximum absolute atomic E-state index is 11.7. The number of amides is 1. The third kappa shape index (κ3) is 4.96. The molecule has 1 N–H and O–H groups in total. The molecule has 22 heavy (non-hydrogen) atoms. The molecule has 0 atom stereocenters. The van der Waals surface area contributed by atoms with Crippen LogP contribution >= 0.6 is 11.3 Å².